The summed E-state index contributed by atoms with van der Waals surface area (Å²) in [5.41, 5.74) is 0.429. The van der Waals surface area contributed by atoms with Gasteiger partial charge in [0.2, 0.25) is 10.0 Å². The van der Waals surface area contributed by atoms with E-state index >= 15 is 0 Å². The van der Waals surface area contributed by atoms with E-state index in [4.69, 9.17) is 20.9 Å². The van der Waals surface area contributed by atoms with Crippen molar-refractivity contribution < 1.29 is 30.9 Å². The normalized spacial score (nSPS) is 15.0. The quantitative estimate of drug-likeness (QED) is 0.453. The first kappa shape index (κ1) is 26.1. The first-order valence-electron chi connectivity index (χ1n) is 10.7. The van der Waals surface area contributed by atoms with E-state index in [0.717, 1.165) is 0 Å². The minimum absolute atomic E-state index is 0.0107. The topological polar surface area (TPSA) is 148 Å². The molecule has 0 aliphatic carbocycles. The molecule has 0 saturated carbocycles. The van der Waals surface area contributed by atoms with Crippen LogP contribution in [0.1, 0.15) is 21.8 Å². The molecule has 4 rings (SSSR count). The molecule has 192 valence electrons. The number of benzene rings is 2. The molecular weight excluding hydrogens is 532 g/mol. The number of hydrogen-bond acceptors (Lipinski definition) is 8. The molecule has 1 aliphatic heterocycles. The SMILES string of the molecule is Cc1noc(C)c1S(=O)(=O)Nc1ccc(Cl)cc1C(=O)Nc1ccc(S(=O)(=O)N2CCOCC2)cc1. The zero-order valence-corrected chi connectivity index (χ0v) is 21.7. The number of ether oxygens (including phenoxy) is 1. The van der Waals surface area contributed by atoms with E-state index in [1.54, 1.807) is 0 Å². The Hall–Kier alpha value is -2.97. The molecule has 0 unspecified atom stereocenters. The molecule has 1 aromatic heterocycles. The fourth-order valence-corrected chi connectivity index (χ4v) is 6.68. The molecule has 0 spiro atoms. The van der Waals surface area contributed by atoms with Crippen molar-refractivity contribution >= 4 is 48.9 Å². The summed E-state index contributed by atoms with van der Waals surface area (Å²) >= 11 is 6.07. The first-order chi connectivity index (χ1) is 17.0. The Morgan fingerprint density at radius 1 is 1.03 bits per heavy atom. The summed E-state index contributed by atoms with van der Waals surface area (Å²) in [5, 5.41) is 6.51. The van der Waals surface area contributed by atoms with Crippen LogP contribution in [0.15, 0.2) is 56.8 Å². The molecule has 11 nitrogen and oxygen atoms in total. The lowest BCUT2D eigenvalue weighted by Crippen LogP contribution is -2.40. The molecular formula is C22H23ClN4O7S2. The number of carbonyl (C=O) groups excluding carboxylic acids is 1. The van der Waals surface area contributed by atoms with Crippen molar-refractivity contribution in [1.82, 2.24) is 9.46 Å². The number of aryl methyl sites for hydroxylation is 2. The van der Waals surface area contributed by atoms with Gasteiger partial charge >= 0.3 is 0 Å². The highest BCUT2D eigenvalue weighted by Gasteiger charge is 2.27. The van der Waals surface area contributed by atoms with Crippen molar-refractivity contribution in [3.05, 3.63) is 64.5 Å². The summed E-state index contributed by atoms with van der Waals surface area (Å²) in [5.74, 6) is -0.551. The summed E-state index contributed by atoms with van der Waals surface area (Å²) in [4.78, 5) is 13.0. The number of anilines is 2. The molecule has 2 heterocycles. The zero-order chi connectivity index (χ0) is 26.1. The molecule has 0 bridgehead atoms. The second-order valence-corrected chi connectivity index (χ2v) is 11.9. The van der Waals surface area contributed by atoms with E-state index in [1.165, 1.54) is 60.6 Å². The molecule has 14 heteroatoms. The fraction of sp³-hybridized carbons (Fsp3) is 0.273. The van der Waals surface area contributed by atoms with Crippen molar-refractivity contribution in [2.45, 2.75) is 23.6 Å². The lowest BCUT2D eigenvalue weighted by atomic mass is 10.1. The Morgan fingerprint density at radius 3 is 2.31 bits per heavy atom. The van der Waals surface area contributed by atoms with Crippen LogP contribution in [-0.4, -0.2) is 58.5 Å². The van der Waals surface area contributed by atoms with Gasteiger partial charge in [-0.3, -0.25) is 9.52 Å². The highest BCUT2D eigenvalue weighted by molar-refractivity contribution is 7.92. The number of amides is 1. The fourth-order valence-electron chi connectivity index (χ4n) is 3.69. The van der Waals surface area contributed by atoms with Crippen LogP contribution < -0.4 is 10.0 Å². The number of halogens is 1. The van der Waals surface area contributed by atoms with E-state index in [2.05, 4.69) is 15.2 Å². The Kier molecular flexibility index (Phi) is 7.38. The number of sulfonamides is 2. The molecule has 2 aromatic carbocycles. The van der Waals surface area contributed by atoms with Crippen molar-refractivity contribution in [1.29, 1.82) is 0 Å². The van der Waals surface area contributed by atoms with Gasteiger partial charge in [-0.15, -0.1) is 0 Å². The van der Waals surface area contributed by atoms with Gasteiger partial charge in [-0.2, -0.15) is 4.31 Å². The second kappa shape index (κ2) is 10.2. The van der Waals surface area contributed by atoms with Crippen LogP contribution in [0.3, 0.4) is 0 Å². The predicted octanol–water partition coefficient (Wildman–Crippen LogP) is 3.02. The lowest BCUT2D eigenvalue weighted by molar-refractivity contribution is 0.0730. The maximum atomic E-state index is 13.0. The molecule has 1 fully saturated rings. The number of rotatable bonds is 7. The Morgan fingerprint density at radius 2 is 1.69 bits per heavy atom. The summed E-state index contributed by atoms with van der Waals surface area (Å²) in [6.07, 6.45) is 0. The molecule has 0 radical (unpaired) electrons. The number of nitrogens with one attached hydrogen (secondary N) is 2. The highest BCUT2D eigenvalue weighted by Crippen LogP contribution is 2.27. The summed E-state index contributed by atoms with van der Waals surface area (Å²) in [6, 6.07) is 9.80. The summed E-state index contributed by atoms with van der Waals surface area (Å²) in [7, 11) is -7.80. The lowest BCUT2D eigenvalue weighted by Gasteiger charge is -2.26. The third kappa shape index (κ3) is 5.39. The number of carbonyl (C=O) groups is 1. The van der Waals surface area contributed by atoms with Crippen LogP contribution in [0.5, 0.6) is 0 Å². The van der Waals surface area contributed by atoms with Crippen LogP contribution in [0, 0.1) is 13.8 Å². The monoisotopic (exact) mass is 554 g/mol. The number of morpholine rings is 1. The van der Waals surface area contributed by atoms with E-state index in [1.807, 2.05) is 0 Å². The van der Waals surface area contributed by atoms with Gasteiger partial charge in [0.05, 0.1) is 29.4 Å². The third-order valence-corrected chi connectivity index (χ3v) is 9.18. The van der Waals surface area contributed by atoms with Crippen molar-refractivity contribution in [2.24, 2.45) is 0 Å². The average molecular weight is 555 g/mol. The molecule has 1 amide bonds. The van der Waals surface area contributed by atoms with Gasteiger partial charge in [0.15, 0.2) is 10.7 Å². The molecule has 3 aromatic rings. The largest absolute Gasteiger partial charge is 0.379 e. The average Bonchev–Trinajstić information content (AvgIpc) is 3.19. The number of aromatic nitrogens is 1. The van der Waals surface area contributed by atoms with Gasteiger partial charge in [0, 0.05) is 23.8 Å². The van der Waals surface area contributed by atoms with E-state index in [0.29, 0.717) is 18.9 Å². The van der Waals surface area contributed by atoms with E-state index in [9.17, 15) is 21.6 Å². The predicted molar refractivity (Wildman–Crippen MR) is 132 cm³/mol. The van der Waals surface area contributed by atoms with Gasteiger partial charge < -0.3 is 14.6 Å². The molecule has 2 N–H and O–H groups in total. The standard InChI is InChI=1S/C22H23ClN4O7S2/c1-14-21(15(2)34-25-14)35(29,30)26-20-8-3-16(23)13-19(20)22(28)24-17-4-6-18(7-5-17)36(31,32)27-9-11-33-12-10-27/h3-8,13,26H,9-12H2,1-2H3,(H,24,28). The minimum atomic E-state index is -4.12. The van der Waals surface area contributed by atoms with E-state index in [-0.39, 0.29) is 50.6 Å². The van der Waals surface area contributed by atoms with Crippen LogP contribution >= 0.6 is 11.6 Å². The maximum Gasteiger partial charge on any atom is 0.267 e. The Balaban J connectivity index is 1.56. The van der Waals surface area contributed by atoms with Gasteiger partial charge in [0.1, 0.15) is 5.69 Å². The third-order valence-electron chi connectivity index (χ3n) is 5.43. The van der Waals surface area contributed by atoms with Crippen molar-refractivity contribution in [3.63, 3.8) is 0 Å². The highest BCUT2D eigenvalue weighted by atomic mass is 35.5. The maximum absolute atomic E-state index is 13.0. The minimum Gasteiger partial charge on any atom is -0.379 e. The first-order valence-corrected chi connectivity index (χ1v) is 14.0. The Labute approximate surface area is 213 Å². The smallest absolute Gasteiger partial charge is 0.267 e. The second-order valence-electron chi connectivity index (χ2n) is 7.94. The van der Waals surface area contributed by atoms with Crippen LogP contribution in [0.4, 0.5) is 11.4 Å². The van der Waals surface area contributed by atoms with Gasteiger partial charge in [0.25, 0.3) is 15.9 Å². The Bertz CT molecular complexity index is 1480. The summed E-state index contributed by atoms with van der Waals surface area (Å²) in [6.45, 7) is 4.14. The summed E-state index contributed by atoms with van der Waals surface area (Å²) < 4.78 is 65.3. The molecule has 1 saturated heterocycles. The van der Waals surface area contributed by atoms with Gasteiger partial charge in [-0.1, -0.05) is 16.8 Å². The van der Waals surface area contributed by atoms with Gasteiger partial charge in [-0.25, -0.2) is 16.8 Å². The van der Waals surface area contributed by atoms with Crippen molar-refractivity contribution in [3.8, 4) is 0 Å². The molecule has 1 aliphatic rings. The van der Waals surface area contributed by atoms with Crippen molar-refractivity contribution in [2.75, 3.05) is 36.3 Å². The number of hydrogen-bond donors (Lipinski definition) is 2. The van der Waals surface area contributed by atoms with Crippen LogP contribution in [-0.2, 0) is 24.8 Å². The van der Waals surface area contributed by atoms with Crippen LogP contribution in [0.25, 0.3) is 0 Å². The van der Waals surface area contributed by atoms with Gasteiger partial charge in [-0.05, 0) is 56.3 Å². The zero-order valence-electron chi connectivity index (χ0n) is 19.3. The molecule has 0 atom stereocenters. The number of nitrogens with zero attached hydrogens (tertiary/aromatic N) is 2. The van der Waals surface area contributed by atoms with Crippen LogP contribution in [0.2, 0.25) is 5.02 Å². The molecule has 36 heavy (non-hydrogen) atoms. The van der Waals surface area contributed by atoms with E-state index < -0.39 is 26.0 Å².